The normalized spacial score (nSPS) is 22.7. The van der Waals surface area contributed by atoms with Crippen molar-refractivity contribution in [1.82, 2.24) is 10.3 Å². The highest BCUT2D eigenvalue weighted by atomic mass is 35.5. The fraction of sp³-hybridized carbons (Fsp3) is 0.607. The summed E-state index contributed by atoms with van der Waals surface area (Å²) in [6.07, 6.45) is 8.00. The van der Waals surface area contributed by atoms with Gasteiger partial charge in [-0.15, -0.1) is 0 Å². The maximum atomic E-state index is 14.6. The molecule has 0 amide bonds. The molecule has 36 heavy (non-hydrogen) atoms. The van der Waals surface area contributed by atoms with Gasteiger partial charge in [-0.05, 0) is 74.6 Å². The van der Waals surface area contributed by atoms with Crippen LogP contribution in [0.3, 0.4) is 0 Å². The van der Waals surface area contributed by atoms with E-state index in [1.165, 1.54) is 6.07 Å². The van der Waals surface area contributed by atoms with Crippen LogP contribution in [0.4, 0.5) is 15.9 Å². The van der Waals surface area contributed by atoms with Crippen molar-refractivity contribution in [2.45, 2.75) is 70.5 Å². The quantitative estimate of drug-likeness (QED) is 0.352. The summed E-state index contributed by atoms with van der Waals surface area (Å²) in [5.74, 6) is 0.537. The van der Waals surface area contributed by atoms with Crippen LogP contribution in [0.1, 0.15) is 52.4 Å². The molecule has 0 unspecified atom stereocenters. The first kappa shape index (κ1) is 27.1. The van der Waals surface area contributed by atoms with Crippen molar-refractivity contribution in [2.75, 3.05) is 44.1 Å². The maximum absolute atomic E-state index is 14.6. The monoisotopic (exact) mass is 518 g/mol. The van der Waals surface area contributed by atoms with E-state index in [0.717, 1.165) is 75.3 Å². The smallest absolute Gasteiger partial charge is 0.146 e. The molecule has 1 aliphatic carbocycles. The van der Waals surface area contributed by atoms with Gasteiger partial charge in [0.2, 0.25) is 0 Å². The summed E-state index contributed by atoms with van der Waals surface area (Å²) >= 11 is 6.54. The molecular formula is C28H40ClFN4O2. The Kier molecular flexibility index (Phi) is 9.45. The predicted octanol–water partition coefficient (Wildman–Crippen LogP) is 6.12. The second-order valence-electron chi connectivity index (χ2n) is 10.7. The molecule has 1 saturated carbocycles. The molecule has 4 rings (SSSR count). The molecule has 8 heteroatoms. The van der Waals surface area contributed by atoms with Gasteiger partial charge in [-0.1, -0.05) is 24.6 Å². The molecule has 2 aromatic rings. The lowest BCUT2D eigenvalue weighted by atomic mass is 9.82. The molecule has 0 bridgehead atoms. The molecule has 2 fully saturated rings. The van der Waals surface area contributed by atoms with Crippen LogP contribution in [-0.4, -0.2) is 56.6 Å². The number of benzene rings is 1. The van der Waals surface area contributed by atoms with E-state index in [2.05, 4.69) is 34.8 Å². The van der Waals surface area contributed by atoms with E-state index in [4.69, 9.17) is 21.1 Å². The Labute approximate surface area is 219 Å². The number of pyridine rings is 1. The zero-order chi connectivity index (χ0) is 25.5. The third-order valence-electron chi connectivity index (χ3n) is 7.55. The van der Waals surface area contributed by atoms with Gasteiger partial charge in [-0.2, -0.15) is 0 Å². The van der Waals surface area contributed by atoms with E-state index in [1.54, 1.807) is 19.4 Å². The second-order valence-corrected chi connectivity index (χ2v) is 11.1. The van der Waals surface area contributed by atoms with Crippen LogP contribution < -0.4 is 16.0 Å². The van der Waals surface area contributed by atoms with Gasteiger partial charge in [0.25, 0.3) is 0 Å². The first-order valence-electron chi connectivity index (χ1n) is 13.1. The minimum absolute atomic E-state index is 0.0996. The van der Waals surface area contributed by atoms with Gasteiger partial charge in [0.05, 0.1) is 17.3 Å². The minimum Gasteiger partial charge on any atom is -0.383 e. The number of nitrogens with one attached hydrogen (secondary N) is 3. The van der Waals surface area contributed by atoms with Gasteiger partial charge in [0, 0.05) is 56.8 Å². The molecule has 1 aromatic carbocycles. The molecule has 1 aliphatic heterocycles. The predicted molar refractivity (Wildman–Crippen MR) is 145 cm³/mol. The Bertz CT molecular complexity index is 994. The van der Waals surface area contributed by atoms with Crippen LogP contribution in [0.15, 0.2) is 30.5 Å². The summed E-state index contributed by atoms with van der Waals surface area (Å²) in [4.78, 5) is 4.52. The number of anilines is 2. The standard InChI is InChI=1S/C28H40ClFN4O2/c1-19(17-35-3)33-21-5-7-22(8-6-21)34-27-15-23(24(29)16-31-27)20-4-9-25(30)26(14-20)32-18-28(2)10-12-36-13-11-28/h4,9,14-16,19,21-22,32-33H,5-8,10-13,17-18H2,1-3H3,(H,31,34)/t19-,21?,22?/m0/s1. The molecule has 1 aromatic heterocycles. The number of nitrogens with zero attached hydrogens (tertiary/aromatic N) is 1. The average molecular weight is 519 g/mol. The van der Waals surface area contributed by atoms with E-state index in [1.807, 2.05) is 12.1 Å². The van der Waals surface area contributed by atoms with Gasteiger partial charge in [0.1, 0.15) is 11.6 Å². The van der Waals surface area contributed by atoms with Crippen LogP contribution in [-0.2, 0) is 9.47 Å². The molecule has 2 heterocycles. The van der Waals surface area contributed by atoms with E-state index < -0.39 is 0 Å². The van der Waals surface area contributed by atoms with Crippen molar-refractivity contribution in [3.63, 3.8) is 0 Å². The van der Waals surface area contributed by atoms with E-state index in [-0.39, 0.29) is 11.2 Å². The Balaban J connectivity index is 1.39. The molecule has 6 nitrogen and oxygen atoms in total. The number of methoxy groups -OCH3 is 1. The Hall–Kier alpha value is -1.93. The van der Waals surface area contributed by atoms with Crippen LogP contribution in [0.2, 0.25) is 5.02 Å². The lowest BCUT2D eigenvalue weighted by molar-refractivity contribution is 0.0300. The van der Waals surface area contributed by atoms with Crippen LogP contribution in [0.25, 0.3) is 11.1 Å². The van der Waals surface area contributed by atoms with Crippen LogP contribution in [0.5, 0.6) is 0 Å². The third-order valence-corrected chi connectivity index (χ3v) is 7.86. The largest absolute Gasteiger partial charge is 0.383 e. The Morgan fingerprint density at radius 3 is 2.61 bits per heavy atom. The first-order valence-corrected chi connectivity index (χ1v) is 13.5. The topological polar surface area (TPSA) is 67.4 Å². The number of halogens is 2. The highest BCUT2D eigenvalue weighted by Gasteiger charge is 2.27. The number of ether oxygens (including phenoxy) is 2. The molecule has 0 radical (unpaired) electrons. The summed E-state index contributed by atoms with van der Waals surface area (Å²) in [5, 5.41) is 11.1. The lowest BCUT2D eigenvalue weighted by Gasteiger charge is -2.34. The van der Waals surface area contributed by atoms with Crippen molar-refractivity contribution < 1.29 is 13.9 Å². The van der Waals surface area contributed by atoms with Crippen LogP contribution >= 0.6 is 11.6 Å². The van der Waals surface area contributed by atoms with E-state index >= 15 is 0 Å². The number of hydrogen-bond acceptors (Lipinski definition) is 6. The Morgan fingerprint density at radius 2 is 1.89 bits per heavy atom. The highest BCUT2D eigenvalue weighted by Crippen LogP contribution is 2.34. The molecule has 0 spiro atoms. The fourth-order valence-corrected chi connectivity index (χ4v) is 5.44. The van der Waals surface area contributed by atoms with Gasteiger partial charge in [-0.25, -0.2) is 9.37 Å². The average Bonchev–Trinajstić information content (AvgIpc) is 2.87. The van der Waals surface area contributed by atoms with Crippen molar-refractivity contribution in [3.8, 4) is 11.1 Å². The van der Waals surface area contributed by atoms with Crippen LogP contribution in [0, 0.1) is 11.2 Å². The zero-order valence-electron chi connectivity index (χ0n) is 21.7. The Morgan fingerprint density at radius 1 is 1.17 bits per heavy atom. The summed E-state index contributed by atoms with van der Waals surface area (Å²) in [5.41, 5.74) is 2.31. The van der Waals surface area contributed by atoms with Crippen molar-refractivity contribution in [2.24, 2.45) is 5.41 Å². The molecule has 3 N–H and O–H groups in total. The third kappa shape index (κ3) is 7.31. The fourth-order valence-electron chi connectivity index (χ4n) is 5.23. The van der Waals surface area contributed by atoms with Crippen molar-refractivity contribution in [3.05, 3.63) is 41.3 Å². The molecule has 1 atom stereocenters. The number of aromatic nitrogens is 1. The maximum Gasteiger partial charge on any atom is 0.146 e. The summed E-state index contributed by atoms with van der Waals surface area (Å²) in [7, 11) is 1.74. The van der Waals surface area contributed by atoms with Gasteiger partial charge in [-0.3, -0.25) is 0 Å². The summed E-state index contributed by atoms with van der Waals surface area (Å²) < 4.78 is 25.4. The second kappa shape index (κ2) is 12.5. The zero-order valence-corrected chi connectivity index (χ0v) is 22.5. The van der Waals surface area contributed by atoms with Gasteiger partial charge >= 0.3 is 0 Å². The van der Waals surface area contributed by atoms with Crippen molar-refractivity contribution in [1.29, 1.82) is 0 Å². The summed E-state index contributed by atoms with van der Waals surface area (Å²) in [6, 6.07) is 8.36. The molecule has 1 saturated heterocycles. The molecular weight excluding hydrogens is 479 g/mol. The number of hydrogen-bond donors (Lipinski definition) is 3. The molecule has 198 valence electrons. The van der Waals surface area contributed by atoms with E-state index in [0.29, 0.717) is 35.4 Å². The van der Waals surface area contributed by atoms with Gasteiger partial charge < -0.3 is 25.4 Å². The summed E-state index contributed by atoms with van der Waals surface area (Å²) in [6.45, 7) is 7.34. The SMILES string of the molecule is COC[C@H](C)NC1CCC(Nc2cc(-c3ccc(F)c(NCC4(C)CCOCC4)c3)c(Cl)cn2)CC1. The highest BCUT2D eigenvalue weighted by molar-refractivity contribution is 6.33. The van der Waals surface area contributed by atoms with E-state index in [9.17, 15) is 4.39 Å². The minimum atomic E-state index is -0.261. The van der Waals surface area contributed by atoms with Crippen molar-refractivity contribution >= 4 is 23.1 Å². The van der Waals surface area contributed by atoms with Gasteiger partial charge in [0.15, 0.2) is 0 Å². The molecule has 2 aliphatic rings. The lowest BCUT2D eigenvalue weighted by Crippen LogP contribution is -2.42. The number of rotatable bonds is 10. The first-order chi connectivity index (χ1) is 17.3.